The molecule has 0 saturated heterocycles. The van der Waals surface area contributed by atoms with Crippen molar-refractivity contribution in [1.82, 2.24) is 0 Å². The Kier molecular flexibility index (Phi) is 6.90. The Morgan fingerprint density at radius 2 is 1.88 bits per heavy atom. The average Bonchev–Trinajstić information content (AvgIpc) is 3.16. The van der Waals surface area contributed by atoms with E-state index < -0.39 is 8.07 Å². The molecule has 2 aliphatic rings. The highest BCUT2D eigenvalue weighted by Gasteiger charge is 2.51. The van der Waals surface area contributed by atoms with Gasteiger partial charge in [-0.15, -0.1) is 0 Å². The molecule has 32 heavy (non-hydrogen) atoms. The van der Waals surface area contributed by atoms with Crippen LogP contribution in [0.4, 0.5) is 0 Å². The van der Waals surface area contributed by atoms with Crippen LogP contribution in [0.25, 0.3) is 11.1 Å². The highest BCUT2D eigenvalue weighted by Crippen LogP contribution is 2.55. The van der Waals surface area contributed by atoms with Crippen LogP contribution in [0.3, 0.4) is 0 Å². The zero-order valence-electron chi connectivity index (χ0n) is 20.2. The number of rotatable bonds is 8. The number of aryl methyl sites for hydroxylation is 1. The fraction of sp³-hybridized carbons (Fsp3) is 0.400. The van der Waals surface area contributed by atoms with E-state index in [0.717, 1.165) is 17.6 Å². The Bertz CT molecular complexity index is 1010. The van der Waals surface area contributed by atoms with Gasteiger partial charge in [0.05, 0.1) is 8.07 Å². The van der Waals surface area contributed by atoms with Gasteiger partial charge in [-0.25, -0.2) is 0 Å². The second kappa shape index (κ2) is 9.66. The molecule has 1 fully saturated rings. The number of allylic oxidation sites excluding steroid dienone is 4. The third kappa shape index (κ3) is 3.94. The molecule has 0 aromatic heterocycles. The van der Waals surface area contributed by atoms with Gasteiger partial charge in [0.25, 0.3) is 0 Å². The highest BCUT2D eigenvalue weighted by molar-refractivity contribution is 6.94. The van der Waals surface area contributed by atoms with E-state index in [2.05, 4.69) is 95.0 Å². The first-order valence-corrected chi connectivity index (χ1v) is 14.9. The van der Waals surface area contributed by atoms with E-state index in [4.69, 9.17) is 4.74 Å². The molecule has 0 spiro atoms. The minimum Gasteiger partial charge on any atom is -0.489 e. The van der Waals surface area contributed by atoms with E-state index in [1.54, 1.807) is 5.57 Å². The molecule has 3 unspecified atom stereocenters. The Hall–Kier alpha value is -2.32. The van der Waals surface area contributed by atoms with Gasteiger partial charge in [-0.3, -0.25) is 0 Å². The summed E-state index contributed by atoms with van der Waals surface area (Å²) in [7, 11) is -1.91. The predicted octanol–water partition coefficient (Wildman–Crippen LogP) is 7.83. The zero-order chi connectivity index (χ0) is 22.7. The molecule has 0 radical (unpaired) electrons. The van der Waals surface area contributed by atoms with Crippen molar-refractivity contribution >= 4 is 13.3 Å². The van der Waals surface area contributed by atoms with Gasteiger partial charge in [0, 0.05) is 5.56 Å². The van der Waals surface area contributed by atoms with Gasteiger partial charge in [0.15, 0.2) is 0 Å². The Balaban J connectivity index is 1.96. The van der Waals surface area contributed by atoms with Crippen molar-refractivity contribution < 1.29 is 4.74 Å². The second-order valence-electron chi connectivity index (χ2n) is 9.74. The first-order valence-electron chi connectivity index (χ1n) is 12.4. The summed E-state index contributed by atoms with van der Waals surface area (Å²) in [6, 6.07) is 18.0. The van der Waals surface area contributed by atoms with Crippen molar-refractivity contribution in [3.8, 4) is 16.9 Å². The third-order valence-corrected chi connectivity index (χ3v) is 14.0. The molecule has 2 aromatic rings. The Morgan fingerprint density at radius 1 is 1.12 bits per heavy atom. The summed E-state index contributed by atoms with van der Waals surface area (Å²) in [5, 5.41) is 1.52. The molecule has 2 aromatic carbocycles. The normalized spacial score (nSPS) is 22.4. The van der Waals surface area contributed by atoms with Crippen molar-refractivity contribution in [2.45, 2.75) is 58.2 Å². The van der Waals surface area contributed by atoms with Crippen molar-refractivity contribution in [1.29, 1.82) is 0 Å². The van der Waals surface area contributed by atoms with Crippen LogP contribution in [0.15, 0.2) is 78.9 Å². The maximum Gasteiger partial charge on any atom is 0.126 e. The van der Waals surface area contributed by atoms with E-state index in [1.807, 2.05) is 6.08 Å². The molecular formula is C30H38OSi. The fourth-order valence-corrected chi connectivity index (χ4v) is 12.4. The van der Waals surface area contributed by atoms with Gasteiger partial charge in [-0.05, 0) is 54.0 Å². The molecular weight excluding hydrogens is 404 g/mol. The van der Waals surface area contributed by atoms with E-state index in [1.165, 1.54) is 46.8 Å². The van der Waals surface area contributed by atoms with E-state index in [-0.39, 0.29) is 0 Å². The molecule has 168 valence electrons. The highest BCUT2D eigenvalue weighted by atomic mass is 28.3. The van der Waals surface area contributed by atoms with Gasteiger partial charge >= 0.3 is 0 Å². The van der Waals surface area contributed by atoms with E-state index in [9.17, 15) is 0 Å². The van der Waals surface area contributed by atoms with Crippen molar-refractivity contribution in [2.24, 2.45) is 11.8 Å². The lowest BCUT2D eigenvalue weighted by atomic mass is 9.94. The predicted molar refractivity (Wildman–Crippen MR) is 142 cm³/mol. The first kappa shape index (κ1) is 22.9. The molecule has 0 bridgehead atoms. The second-order valence-corrected chi connectivity index (χ2v) is 14.6. The van der Waals surface area contributed by atoms with Gasteiger partial charge in [0.1, 0.15) is 12.4 Å². The van der Waals surface area contributed by atoms with Crippen molar-refractivity contribution in [3.05, 3.63) is 84.5 Å². The molecule has 1 saturated carbocycles. The fourth-order valence-electron chi connectivity index (χ4n) is 6.57. The molecule has 0 heterocycles. The van der Waals surface area contributed by atoms with Crippen LogP contribution in [0, 0.1) is 18.8 Å². The monoisotopic (exact) mass is 442 g/mol. The van der Waals surface area contributed by atoms with E-state index >= 15 is 0 Å². The standard InChI is InChI=1S/C30H38OSi/c1-6-18-31-29-27(24-14-10-9-11-15-24)19-22(4)20-28(29)32(7-2,8-3)30-23(5)21-25-16-12-13-17-26(25)30/h6,9-15,17,19-20,23,25,30H,1,7-8,16,18,21H2,2-5H3. The van der Waals surface area contributed by atoms with Gasteiger partial charge in [0.2, 0.25) is 0 Å². The van der Waals surface area contributed by atoms with Crippen LogP contribution in [0.1, 0.15) is 39.2 Å². The summed E-state index contributed by atoms with van der Waals surface area (Å²) in [6.07, 6.45) is 11.6. The SMILES string of the molecule is C=CCOc1c(-c2ccccc2)cc(C)cc1[Si](CC)(CC)C1C2=CC=CCC2CC1C. The van der Waals surface area contributed by atoms with Crippen LogP contribution in [-0.2, 0) is 0 Å². The summed E-state index contributed by atoms with van der Waals surface area (Å²) in [5.74, 6) is 2.58. The molecule has 2 heteroatoms. The van der Waals surface area contributed by atoms with Crippen LogP contribution in [-0.4, -0.2) is 14.7 Å². The maximum absolute atomic E-state index is 6.55. The summed E-state index contributed by atoms with van der Waals surface area (Å²) >= 11 is 0. The topological polar surface area (TPSA) is 9.23 Å². The molecule has 0 N–H and O–H groups in total. The summed E-state index contributed by atoms with van der Waals surface area (Å²) in [4.78, 5) is 0. The number of hydrogen-bond donors (Lipinski definition) is 0. The molecule has 0 amide bonds. The number of hydrogen-bond acceptors (Lipinski definition) is 1. The number of fused-ring (bicyclic) bond motifs is 1. The van der Waals surface area contributed by atoms with Gasteiger partial charge in [-0.2, -0.15) is 0 Å². The largest absolute Gasteiger partial charge is 0.489 e. The maximum atomic E-state index is 6.55. The zero-order valence-corrected chi connectivity index (χ0v) is 21.2. The molecule has 0 aliphatic heterocycles. The third-order valence-electron chi connectivity index (χ3n) is 7.96. The Labute approximate surface area is 195 Å². The summed E-state index contributed by atoms with van der Waals surface area (Å²) in [6.45, 7) is 14.1. The quantitative estimate of drug-likeness (QED) is 0.299. The molecule has 2 aliphatic carbocycles. The van der Waals surface area contributed by atoms with Crippen LogP contribution in [0.5, 0.6) is 5.75 Å². The van der Waals surface area contributed by atoms with Crippen molar-refractivity contribution in [2.75, 3.05) is 6.61 Å². The number of ether oxygens (including phenoxy) is 1. The summed E-state index contributed by atoms with van der Waals surface area (Å²) < 4.78 is 6.55. The van der Waals surface area contributed by atoms with Crippen molar-refractivity contribution in [3.63, 3.8) is 0 Å². The van der Waals surface area contributed by atoms with E-state index in [0.29, 0.717) is 12.1 Å². The average molecular weight is 443 g/mol. The van der Waals surface area contributed by atoms with Gasteiger partial charge in [-0.1, -0.05) is 111 Å². The number of benzene rings is 2. The first-order chi connectivity index (χ1) is 15.6. The minimum atomic E-state index is -1.91. The minimum absolute atomic E-state index is 0.544. The van der Waals surface area contributed by atoms with Crippen LogP contribution in [0.2, 0.25) is 17.6 Å². The lowest BCUT2D eigenvalue weighted by Gasteiger charge is -2.41. The van der Waals surface area contributed by atoms with Crippen LogP contribution < -0.4 is 9.92 Å². The smallest absolute Gasteiger partial charge is 0.126 e. The summed E-state index contributed by atoms with van der Waals surface area (Å²) in [5.41, 5.74) is 6.23. The molecule has 3 atom stereocenters. The lowest BCUT2D eigenvalue weighted by Crippen LogP contribution is -2.53. The lowest BCUT2D eigenvalue weighted by molar-refractivity contribution is 0.367. The molecule has 1 nitrogen and oxygen atoms in total. The Morgan fingerprint density at radius 3 is 2.56 bits per heavy atom. The molecule has 4 rings (SSSR count). The van der Waals surface area contributed by atoms with Gasteiger partial charge < -0.3 is 4.74 Å². The van der Waals surface area contributed by atoms with Crippen LogP contribution >= 0.6 is 0 Å².